The van der Waals surface area contributed by atoms with Crippen molar-refractivity contribution < 1.29 is 22.3 Å². The third-order valence-corrected chi connectivity index (χ3v) is 7.87. The molecular weight excluding hydrogens is 409 g/mol. The van der Waals surface area contributed by atoms with Gasteiger partial charge in [0.25, 0.3) is 0 Å². The summed E-state index contributed by atoms with van der Waals surface area (Å²) in [5, 5.41) is 0. The number of carbonyl (C=O) groups is 1. The van der Waals surface area contributed by atoms with E-state index in [1.165, 1.54) is 29.6 Å². The Morgan fingerprint density at radius 2 is 1.87 bits per heavy atom. The van der Waals surface area contributed by atoms with Crippen LogP contribution in [0.25, 0.3) is 0 Å². The number of halogens is 1. The summed E-state index contributed by atoms with van der Waals surface area (Å²) in [6.07, 6.45) is 0.575. The van der Waals surface area contributed by atoms with Crippen LogP contribution in [-0.4, -0.2) is 69.4 Å². The van der Waals surface area contributed by atoms with Gasteiger partial charge in [-0.15, -0.1) is 0 Å². The van der Waals surface area contributed by atoms with Crippen molar-refractivity contribution in [2.24, 2.45) is 0 Å². The largest absolute Gasteiger partial charge is 0.497 e. The van der Waals surface area contributed by atoms with Crippen LogP contribution in [0.2, 0.25) is 0 Å². The van der Waals surface area contributed by atoms with Gasteiger partial charge in [-0.25, -0.2) is 12.8 Å². The minimum absolute atomic E-state index is 0.136. The third-order valence-electron chi connectivity index (χ3n) is 6.03. The van der Waals surface area contributed by atoms with Crippen LogP contribution in [0.15, 0.2) is 53.4 Å². The van der Waals surface area contributed by atoms with Gasteiger partial charge < -0.3 is 9.64 Å². The monoisotopic (exact) mass is 433 g/mol. The molecule has 1 amide bonds. The Bertz CT molecular complexity index is 1080. The maximum Gasteiger partial charge on any atom is 0.243 e. The minimum atomic E-state index is -3.71. The zero-order valence-electron chi connectivity index (χ0n) is 16.9. The molecule has 30 heavy (non-hydrogen) atoms. The molecule has 0 aliphatic carbocycles. The molecule has 1 atom stereocenters. The van der Waals surface area contributed by atoms with Crippen molar-refractivity contribution in [1.82, 2.24) is 9.21 Å². The van der Waals surface area contributed by atoms with Crippen molar-refractivity contribution in [3.8, 4) is 5.75 Å². The molecule has 0 radical (unpaired) electrons. The molecule has 2 aromatic carbocycles. The van der Waals surface area contributed by atoms with E-state index in [1.54, 1.807) is 35.2 Å². The van der Waals surface area contributed by atoms with Crippen molar-refractivity contribution in [1.29, 1.82) is 0 Å². The highest BCUT2D eigenvalue weighted by molar-refractivity contribution is 7.89. The van der Waals surface area contributed by atoms with E-state index in [-0.39, 0.29) is 23.9 Å². The average molecular weight is 434 g/mol. The van der Waals surface area contributed by atoms with E-state index in [0.29, 0.717) is 30.9 Å². The lowest BCUT2D eigenvalue weighted by Gasteiger charge is -2.46. The Hall–Kier alpha value is -2.49. The molecule has 2 aliphatic rings. The number of anilines is 1. The number of sulfonamides is 1. The summed E-state index contributed by atoms with van der Waals surface area (Å²) in [6.45, 7) is 1.04. The normalized spacial score (nSPS) is 23.3. The smallest absolute Gasteiger partial charge is 0.243 e. The Morgan fingerprint density at radius 3 is 2.60 bits per heavy atom. The van der Waals surface area contributed by atoms with Gasteiger partial charge in [-0.3, -0.25) is 9.69 Å². The summed E-state index contributed by atoms with van der Waals surface area (Å²) in [5.74, 6) is -0.0765. The first-order valence-corrected chi connectivity index (χ1v) is 11.1. The number of benzene rings is 2. The van der Waals surface area contributed by atoms with Gasteiger partial charge in [0.2, 0.25) is 15.9 Å². The van der Waals surface area contributed by atoms with E-state index in [0.717, 1.165) is 0 Å². The molecule has 2 aliphatic heterocycles. The third kappa shape index (κ3) is 3.57. The molecule has 0 bridgehead atoms. The molecule has 0 saturated carbocycles. The quantitative estimate of drug-likeness (QED) is 0.737. The Labute approximate surface area is 175 Å². The molecular formula is C21H24FN3O4S. The molecule has 2 aromatic rings. The van der Waals surface area contributed by atoms with Crippen molar-refractivity contribution >= 4 is 21.6 Å². The van der Waals surface area contributed by atoms with Gasteiger partial charge >= 0.3 is 0 Å². The SMILES string of the molecule is COc1cccc(S(=O)(=O)N2CCC3(CN(c4cccc(F)c4)C(=O)CN3C)C2)c1. The van der Waals surface area contributed by atoms with Crippen LogP contribution in [0, 0.1) is 5.82 Å². The zero-order valence-corrected chi connectivity index (χ0v) is 17.7. The summed E-state index contributed by atoms with van der Waals surface area (Å²) < 4.78 is 46.8. The highest BCUT2D eigenvalue weighted by atomic mass is 32.2. The highest BCUT2D eigenvalue weighted by Crippen LogP contribution is 2.36. The van der Waals surface area contributed by atoms with Gasteiger partial charge in [0.15, 0.2) is 0 Å². The fourth-order valence-electron chi connectivity index (χ4n) is 4.21. The highest BCUT2D eigenvalue weighted by Gasteiger charge is 2.50. The molecule has 0 aromatic heterocycles. The van der Waals surface area contributed by atoms with E-state index < -0.39 is 21.4 Å². The van der Waals surface area contributed by atoms with Crippen LogP contribution in [-0.2, 0) is 14.8 Å². The van der Waals surface area contributed by atoms with Gasteiger partial charge in [0.05, 0.1) is 24.1 Å². The molecule has 9 heteroatoms. The number of amides is 1. The van der Waals surface area contributed by atoms with Gasteiger partial charge in [0, 0.05) is 31.4 Å². The van der Waals surface area contributed by atoms with E-state index in [9.17, 15) is 17.6 Å². The predicted molar refractivity (Wildman–Crippen MR) is 110 cm³/mol. The van der Waals surface area contributed by atoms with Crippen molar-refractivity contribution in [2.75, 3.05) is 45.2 Å². The Kier molecular flexibility index (Phi) is 5.29. The summed E-state index contributed by atoms with van der Waals surface area (Å²) in [5.41, 5.74) is -0.0480. The number of nitrogens with zero attached hydrogens (tertiary/aromatic N) is 3. The minimum Gasteiger partial charge on any atom is -0.497 e. The Morgan fingerprint density at radius 1 is 1.10 bits per heavy atom. The number of likely N-dealkylation sites (N-methyl/N-ethyl adjacent to an activating group) is 1. The van der Waals surface area contributed by atoms with Crippen LogP contribution >= 0.6 is 0 Å². The number of hydrogen-bond acceptors (Lipinski definition) is 5. The lowest BCUT2D eigenvalue weighted by atomic mass is 9.92. The molecule has 2 saturated heterocycles. The van der Waals surface area contributed by atoms with Crippen molar-refractivity contribution in [3.63, 3.8) is 0 Å². The van der Waals surface area contributed by atoms with Gasteiger partial charge in [-0.1, -0.05) is 12.1 Å². The number of rotatable bonds is 4. The lowest BCUT2D eigenvalue weighted by Crippen LogP contribution is -2.64. The molecule has 2 heterocycles. The van der Waals surface area contributed by atoms with Crippen LogP contribution in [0.3, 0.4) is 0 Å². The van der Waals surface area contributed by atoms with Gasteiger partial charge in [-0.05, 0) is 43.8 Å². The molecule has 7 nitrogen and oxygen atoms in total. The second-order valence-electron chi connectivity index (χ2n) is 7.81. The van der Waals surface area contributed by atoms with Gasteiger partial charge in [0.1, 0.15) is 11.6 Å². The van der Waals surface area contributed by atoms with E-state index >= 15 is 0 Å². The molecule has 160 valence electrons. The molecule has 1 unspecified atom stereocenters. The van der Waals surface area contributed by atoms with E-state index in [4.69, 9.17) is 4.74 Å². The first-order chi connectivity index (χ1) is 14.2. The van der Waals surface area contributed by atoms with Gasteiger partial charge in [-0.2, -0.15) is 4.31 Å². The van der Waals surface area contributed by atoms with Crippen LogP contribution < -0.4 is 9.64 Å². The maximum atomic E-state index is 13.7. The molecule has 1 spiro atoms. The van der Waals surface area contributed by atoms with Crippen molar-refractivity contribution in [2.45, 2.75) is 16.9 Å². The lowest BCUT2D eigenvalue weighted by molar-refractivity contribution is -0.123. The number of methoxy groups -OCH3 is 1. The number of piperazine rings is 1. The fourth-order valence-corrected chi connectivity index (χ4v) is 5.77. The Balaban J connectivity index is 1.61. The van der Waals surface area contributed by atoms with Crippen LogP contribution in [0.1, 0.15) is 6.42 Å². The molecule has 2 fully saturated rings. The fraction of sp³-hybridized carbons (Fsp3) is 0.381. The number of hydrogen-bond donors (Lipinski definition) is 0. The number of carbonyl (C=O) groups excluding carboxylic acids is 1. The number of ether oxygens (including phenoxy) is 1. The summed E-state index contributed by atoms with van der Waals surface area (Å²) >= 11 is 0. The second-order valence-corrected chi connectivity index (χ2v) is 9.75. The molecule has 0 N–H and O–H groups in total. The average Bonchev–Trinajstić information content (AvgIpc) is 3.17. The summed E-state index contributed by atoms with van der Waals surface area (Å²) in [7, 11) is -0.382. The predicted octanol–water partition coefficient (Wildman–Crippen LogP) is 1.95. The zero-order chi connectivity index (χ0) is 21.5. The summed E-state index contributed by atoms with van der Waals surface area (Å²) in [4.78, 5) is 16.3. The topological polar surface area (TPSA) is 70.2 Å². The van der Waals surface area contributed by atoms with E-state index in [1.807, 2.05) is 11.9 Å². The summed E-state index contributed by atoms with van der Waals surface area (Å²) in [6, 6.07) is 12.3. The first-order valence-electron chi connectivity index (χ1n) is 9.67. The van der Waals surface area contributed by atoms with E-state index in [2.05, 4.69) is 0 Å². The van der Waals surface area contributed by atoms with Crippen LogP contribution in [0.5, 0.6) is 5.75 Å². The first kappa shape index (κ1) is 20.8. The molecule has 4 rings (SSSR count). The maximum absolute atomic E-state index is 13.7. The van der Waals surface area contributed by atoms with Crippen LogP contribution in [0.4, 0.5) is 10.1 Å². The van der Waals surface area contributed by atoms with Crippen molar-refractivity contribution in [3.05, 3.63) is 54.3 Å². The second kappa shape index (κ2) is 7.64. The standard InChI is InChI=1S/C21H24FN3O4S/c1-23-13-20(26)25(17-6-3-5-16(22)11-17)15-21(23)9-10-24(14-21)30(27,28)19-8-4-7-18(12-19)29-2/h3-8,11-12H,9-10,13-15H2,1-2H3.